The number of anilines is 1. The number of esters is 1. The topological polar surface area (TPSA) is 69.4 Å². The Morgan fingerprint density at radius 3 is 2.11 bits per heavy atom. The molecule has 0 radical (unpaired) electrons. The predicted octanol–water partition coefficient (Wildman–Crippen LogP) is 2.61. The zero-order valence-corrected chi connectivity index (χ0v) is 12.1. The fourth-order valence-corrected chi connectivity index (χ4v) is 1.17. The van der Waals surface area contributed by atoms with Gasteiger partial charge in [-0.05, 0) is 24.1 Å². The second-order valence-electron chi connectivity index (χ2n) is 4.47. The highest BCUT2D eigenvalue weighted by Gasteiger charge is 2.12. The number of nitrogen functional groups attached to an aromatic ring is 1. The zero-order chi connectivity index (χ0) is 14.8. The van der Waals surface area contributed by atoms with E-state index in [2.05, 4.69) is 23.8 Å². The molecule has 0 fully saturated rings. The minimum Gasteiger partial charge on any atom is -0.469 e. The van der Waals surface area contributed by atoms with Crippen molar-refractivity contribution in [2.24, 2.45) is 5.92 Å². The molecule has 4 nitrogen and oxygen atoms in total. The number of hydrogen-bond donors (Lipinski definition) is 1. The lowest BCUT2D eigenvalue weighted by molar-refractivity contribution is -0.144. The van der Waals surface area contributed by atoms with Crippen molar-refractivity contribution in [3.8, 4) is 0 Å². The third-order valence-corrected chi connectivity index (χ3v) is 2.58. The second kappa shape index (κ2) is 9.14. The summed E-state index contributed by atoms with van der Waals surface area (Å²) in [6.45, 7) is 5.64. The largest absolute Gasteiger partial charge is 0.469 e. The van der Waals surface area contributed by atoms with E-state index in [4.69, 9.17) is 5.73 Å². The average molecular weight is 265 g/mol. The number of benzene rings is 1. The summed E-state index contributed by atoms with van der Waals surface area (Å²) in [6, 6.07) is 7.96. The molecule has 0 saturated carbocycles. The number of ether oxygens (including phenoxy) is 1. The van der Waals surface area contributed by atoms with E-state index in [1.165, 1.54) is 12.7 Å². The van der Waals surface area contributed by atoms with E-state index in [9.17, 15) is 9.59 Å². The van der Waals surface area contributed by atoms with Gasteiger partial charge < -0.3 is 10.5 Å². The van der Waals surface area contributed by atoms with Gasteiger partial charge in [-0.25, -0.2) is 0 Å². The molecule has 0 aliphatic rings. The van der Waals surface area contributed by atoms with Crippen LogP contribution in [-0.4, -0.2) is 18.9 Å². The van der Waals surface area contributed by atoms with Gasteiger partial charge in [0.15, 0.2) is 0 Å². The third-order valence-electron chi connectivity index (χ3n) is 2.58. The first kappa shape index (κ1) is 17.2. The maximum absolute atomic E-state index is 10.8. The Labute approximate surface area is 114 Å². The zero-order valence-electron chi connectivity index (χ0n) is 12.1. The minimum atomic E-state index is -0.460. The number of nitrogens with two attached hydrogens (primary N) is 1. The first-order chi connectivity index (χ1) is 8.90. The van der Waals surface area contributed by atoms with E-state index in [0.717, 1.165) is 12.1 Å². The summed E-state index contributed by atoms with van der Waals surface area (Å²) in [5.41, 5.74) is 7.66. The number of methoxy groups -OCH3 is 1. The lowest BCUT2D eigenvalue weighted by Gasteiger charge is -2.00. The smallest absolute Gasteiger partial charge is 0.313 e. The van der Waals surface area contributed by atoms with Gasteiger partial charge in [0.2, 0.25) is 0 Å². The van der Waals surface area contributed by atoms with Crippen LogP contribution in [0.4, 0.5) is 5.69 Å². The molecule has 1 aromatic carbocycles. The van der Waals surface area contributed by atoms with Crippen LogP contribution in [-0.2, 0) is 20.7 Å². The SMILES string of the molecule is CCc1ccc(N)cc1.COC(=O)CC(=O)C(C)C. The Bertz CT molecular complexity index is 396. The molecule has 0 aromatic heterocycles. The van der Waals surface area contributed by atoms with Gasteiger partial charge in [-0.15, -0.1) is 0 Å². The lowest BCUT2D eigenvalue weighted by atomic mass is 10.1. The van der Waals surface area contributed by atoms with Gasteiger partial charge in [0.05, 0.1) is 7.11 Å². The predicted molar refractivity (Wildman–Crippen MR) is 76.7 cm³/mol. The Morgan fingerprint density at radius 1 is 1.21 bits per heavy atom. The van der Waals surface area contributed by atoms with Gasteiger partial charge in [0, 0.05) is 11.6 Å². The number of carbonyl (C=O) groups excluding carboxylic acids is 2. The fourth-order valence-electron chi connectivity index (χ4n) is 1.17. The molecule has 106 valence electrons. The Balaban J connectivity index is 0.000000342. The third kappa shape index (κ3) is 7.97. The molecule has 4 heteroatoms. The van der Waals surface area contributed by atoms with Gasteiger partial charge in [-0.1, -0.05) is 32.9 Å². The van der Waals surface area contributed by atoms with Crippen LogP contribution in [0, 0.1) is 5.92 Å². The number of ketones is 1. The van der Waals surface area contributed by atoms with Gasteiger partial charge in [0.25, 0.3) is 0 Å². The average Bonchev–Trinajstić information content (AvgIpc) is 2.40. The summed E-state index contributed by atoms with van der Waals surface area (Å²) < 4.78 is 4.31. The molecule has 0 heterocycles. The van der Waals surface area contributed by atoms with Crippen LogP contribution >= 0.6 is 0 Å². The van der Waals surface area contributed by atoms with E-state index in [0.29, 0.717) is 0 Å². The van der Waals surface area contributed by atoms with Crippen molar-refractivity contribution >= 4 is 17.4 Å². The number of Topliss-reactive ketones (excluding diaryl/α,β-unsaturated/α-hetero) is 1. The van der Waals surface area contributed by atoms with Crippen molar-refractivity contribution in [3.05, 3.63) is 29.8 Å². The van der Waals surface area contributed by atoms with Crippen molar-refractivity contribution < 1.29 is 14.3 Å². The molecule has 19 heavy (non-hydrogen) atoms. The van der Waals surface area contributed by atoms with Crippen LogP contribution in [0.3, 0.4) is 0 Å². The molecule has 2 N–H and O–H groups in total. The van der Waals surface area contributed by atoms with E-state index in [-0.39, 0.29) is 18.1 Å². The minimum absolute atomic E-state index is 0.0770. The maximum atomic E-state index is 10.8. The summed E-state index contributed by atoms with van der Waals surface area (Å²) in [4.78, 5) is 21.3. The monoisotopic (exact) mass is 265 g/mol. The lowest BCUT2D eigenvalue weighted by Crippen LogP contribution is -2.13. The molecule has 1 rings (SSSR count). The van der Waals surface area contributed by atoms with Gasteiger partial charge >= 0.3 is 5.97 Å². The Morgan fingerprint density at radius 2 is 1.74 bits per heavy atom. The molecule has 0 amide bonds. The molecule has 0 spiro atoms. The summed E-state index contributed by atoms with van der Waals surface area (Å²) >= 11 is 0. The first-order valence-electron chi connectivity index (χ1n) is 6.34. The van der Waals surface area contributed by atoms with Crippen molar-refractivity contribution in [3.63, 3.8) is 0 Å². The summed E-state index contributed by atoms with van der Waals surface area (Å²) in [5, 5.41) is 0. The van der Waals surface area contributed by atoms with Crippen LogP contribution in [0.1, 0.15) is 32.8 Å². The van der Waals surface area contributed by atoms with Gasteiger partial charge in [-0.2, -0.15) is 0 Å². The Kier molecular flexibility index (Phi) is 8.25. The highest BCUT2D eigenvalue weighted by molar-refractivity contribution is 5.96. The number of aryl methyl sites for hydroxylation is 1. The van der Waals surface area contributed by atoms with Gasteiger partial charge in [0.1, 0.15) is 12.2 Å². The second-order valence-corrected chi connectivity index (χ2v) is 4.47. The molecular weight excluding hydrogens is 242 g/mol. The molecule has 0 bridgehead atoms. The van der Waals surface area contributed by atoms with E-state index in [1.807, 2.05) is 12.1 Å². The summed E-state index contributed by atoms with van der Waals surface area (Å²) in [7, 11) is 1.27. The molecular formula is C15H23NO3. The molecule has 0 aliphatic carbocycles. The van der Waals surface area contributed by atoms with Crippen molar-refractivity contribution in [1.29, 1.82) is 0 Å². The van der Waals surface area contributed by atoms with Crippen LogP contribution in [0.2, 0.25) is 0 Å². The van der Waals surface area contributed by atoms with Crippen molar-refractivity contribution in [1.82, 2.24) is 0 Å². The number of rotatable bonds is 4. The maximum Gasteiger partial charge on any atom is 0.313 e. The molecule has 0 unspecified atom stereocenters. The van der Waals surface area contributed by atoms with Crippen LogP contribution in [0.25, 0.3) is 0 Å². The molecule has 0 aliphatic heterocycles. The Hall–Kier alpha value is -1.84. The van der Waals surface area contributed by atoms with E-state index >= 15 is 0 Å². The highest BCUT2D eigenvalue weighted by atomic mass is 16.5. The van der Waals surface area contributed by atoms with Crippen LogP contribution in [0.15, 0.2) is 24.3 Å². The van der Waals surface area contributed by atoms with Crippen molar-refractivity contribution in [2.75, 3.05) is 12.8 Å². The van der Waals surface area contributed by atoms with Crippen LogP contribution < -0.4 is 5.73 Å². The molecule has 0 atom stereocenters. The van der Waals surface area contributed by atoms with Gasteiger partial charge in [-0.3, -0.25) is 9.59 Å². The number of hydrogen-bond acceptors (Lipinski definition) is 4. The normalized spacial score (nSPS) is 9.53. The molecule has 0 saturated heterocycles. The standard InChI is InChI=1S/C8H11N.C7H12O3/c1-2-7-3-5-8(9)6-4-7;1-5(2)6(8)4-7(9)10-3/h3-6H,2,9H2,1H3;5H,4H2,1-3H3. The number of carbonyl (C=O) groups is 2. The highest BCUT2D eigenvalue weighted by Crippen LogP contribution is 2.04. The van der Waals surface area contributed by atoms with Crippen molar-refractivity contribution in [2.45, 2.75) is 33.6 Å². The van der Waals surface area contributed by atoms with Crippen LogP contribution in [0.5, 0.6) is 0 Å². The fraction of sp³-hybridized carbons (Fsp3) is 0.467. The van der Waals surface area contributed by atoms with E-state index in [1.54, 1.807) is 13.8 Å². The quantitative estimate of drug-likeness (QED) is 0.516. The molecule has 1 aromatic rings. The summed E-state index contributed by atoms with van der Waals surface area (Å²) in [6.07, 6.45) is 0.981. The first-order valence-corrected chi connectivity index (χ1v) is 6.34. The summed E-state index contributed by atoms with van der Waals surface area (Å²) in [5.74, 6) is -0.621. The van der Waals surface area contributed by atoms with E-state index < -0.39 is 5.97 Å².